The monoisotopic (exact) mass is 802 g/mol. The normalized spacial score (nSPS) is 11.8. The molecule has 0 bridgehead atoms. The summed E-state index contributed by atoms with van der Waals surface area (Å²) >= 11 is 0. The summed E-state index contributed by atoms with van der Waals surface area (Å²) in [5, 5.41) is 7.10. The molecule has 3 heterocycles. The van der Waals surface area contributed by atoms with E-state index in [-0.39, 0.29) is 0 Å². The fraction of sp³-hybridized carbons (Fsp3) is 0. The second kappa shape index (κ2) is 14.1. The Morgan fingerprint density at radius 1 is 0.270 bits per heavy atom. The van der Waals surface area contributed by atoms with Crippen molar-refractivity contribution in [1.82, 2.24) is 9.13 Å². The van der Waals surface area contributed by atoms with Gasteiger partial charge in [-0.15, -0.1) is 0 Å². The molecular weight excluding hydrogens is 765 g/mol. The molecule has 294 valence electrons. The highest BCUT2D eigenvalue weighted by atomic mass is 16.3. The van der Waals surface area contributed by atoms with Crippen LogP contribution in [0.15, 0.2) is 235 Å². The smallest absolute Gasteiger partial charge is 0.160 e. The molecule has 3 nitrogen and oxygen atoms in total. The molecule has 13 aromatic rings. The van der Waals surface area contributed by atoms with Crippen molar-refractivity contribution in [3.63, 3.8) is 0 Å². The van der Waals surface area contributed by atoms with Crippen LogP contribution in [-0.4, -0.2) is 9.13 Å². The molecule has 0 atom stereocenters. The highest BCUT2D eigenvalue weighted by Gasteiger charge is 2.23. The number of furan rings is 1. The lowest BCUT2D eigenvalue weighted by atomic mass is 9.95. The number of hydrogen-bond donors (Lipinski definition) is 0. The minimum absolute atomic E-state index is 0.870. The average molecular weight is 803 g/mol. The number of aromatic nitrogens is 2. The van der Waals surface area contributed by atoms with E-state index in [1.807, 2.05) is 0 Å². The van der Waals surface area contributed by atoms with E-state index in [0.717, 1.165) is 55.5 Å². The summed E-state index contributed by atoms with van der Waals surface area (Å²) in [6.45, 7) is 0. The first-order valence-electron chi connectivity index (χ1n) is 21.6. The number of nitrogens with zero attached hydrogens (tertiary/aromatic N) is 2. The fourth-order valence-corrected chi connectivity index (χ4v) is 10.2. The summed E-state index contributed by atoms with van der Waals surface area (Å²) in [6.07, 6.45) is 0. The highest BCUT2D eigenvalue weighted by Crippen LogP contribution is 2.45. The Morgan fingerprint density at radius 3 is 1.67 bits per heavy atom. The molecule has 0 spiro atoms. The summed E-state index contributed by atoms with van der Waals surface area (Å²) in [5.74, 6) is 0. The molecule has 0 aliphatic carbocycles. The summed E-state index contributed by atoms with van der Waals surface area (Å²) < 4.78 is 11.8. The van der Waals surface area contributed by atoms with Gasteiger partial charge in [0.05, 0.1) is 33.4 Å². The molecule has 0 unspecified atom stereocenters. The third-order valence-electron chi connectivity index (χ3n) is 12.9. The zero-order valence-corrected chi connectivity index (χ0v) is 34.2. The van der Waals surface area contributed by atoms with Gasteiger partial charge in [-0.25, -0.2) is 0 Å². The van der Waals surface area contributed by atoms with Crippen LogP contribution in [-0.2, 0) is 0 Å². The van der Waals surface area contributed by atoms with E-state index >= 15 is 0 Å². The zero-order valence-electron chi connectivity index (χ0n) is 34.2. The molecule has 3 aromatic heterocycles. The lowest BCUT2D eigenvalue weighted by Crippen LogP contribution is -1.97. The molecule has 0 N–H and O–H groups in total. The Bertz CT molecular complexity index is 3900. The maximum absolute atomic E-state index is 6.95. The van der Waals surface area contributed by atoms with Gasteiger partial charge in [0.25, 0.3) is 0 Å². The topological polar surface area (TPSA) is 23.0 Å². The minimum Gasteiger partial charge on any atom is -0.454 e. The van der Waals surface area contributed by atoms with E-state index in [1.165, 1.54) is 66.0 Å². The van der Waals surface area contributed by atoms with Crippen LogP contribution in [0.2, 0.25) is 0 Å². The van der Waals surface area contributed by atoms with Crippen LogP contribution >= 0.6 is 0 Å². The van der Waals surface area contributed by atoms with E-state index < -0.39 is 0 Å². The van der Waals surface area contributed by atoms with Crippen LogP contribution in [0.4, 0.5) is 0 Å². The van der Waals surface area contributed by atoms with Crippen LogP contribution in [0.5, 0.6) is 0 Å². The Hall–Kier alpha value is -8.40. The Labute approximate surface area is 363 Å². The van der Waals surface area contributed by atoms with Crippen molar-refractivity contribution in [1.29, 1.82) is 0 Å². The molecule has 0 fully saturated rings. The number of fused-ring (bicyclic) bond motifs is 9. The number of benzene rings is 10. The van der Waals surface area contributed by atoms with E-state index in [9.17, 15) is 0 Å². The minimum atomic E-state index is 0.870. The van der Waals surface area contributed by atoms with Gasteiger partial charge in [0, 0.05) is 37.9 Å². The van der Waals surface area contributed by atoms with Crippen molar-refractivity contribution in [2.24, 2.45) is 0 Å². The standard InChI is InChI=1S/C60H38N2O/c1-3-17-39(18-4-1)41-21-15-22-42(37-41)46-35-36-55(60-59(46)50-26-10-14-32-57(50)63-60)62-53-30-13-9-25-49(53)58-45(27-16-31-54(58)62)43-33-34-48-47-24-8-12-29-52(47)61(56(48)38-43)51-28-11-7-23-44(51)40-19-5-2-6-20-40/h1-38H. The van der Waals surface area contributed by atoms with Gasteiger partial charge in [-0.2, -0.15) is 0 Å². The molecule has 3 heteroatoms. The Balaban J connectivity index is 1.04. The molecule has 0 saturated heterocycles. The molecule has 0 amide bonds. The van der Waals surface area contributed by atoms with Gasteiger partial charge in [-0.05, 0) is 87.5 Å². The third-order valence-corrected chi connectivity index (χ3v) is 12.9. The molecule has 10 aromatic carbocycles. The maximum atomic E-state index is 6.95. The third kappa shape index (κ3) is 5.46. The first-order chi connectivity index (χ1) is 31.3. The molecule has 0 aliphatic heterocycles. The van der Waals surface area contributed by atoms with Crippen molar-refractivity contribution in [3.8, 4) is 55.9 Å². The molecular formula is C60H38N2O. The Morgan fingerprint density at radius 2 is 0.825 bits per heavy atom. The van der Waals surface area contributed by atoms with E-state index in [4.69, 9.17) is 4.42 Å². The second-order valence-electron chi connectivity index (χ2n) is 16.4. The molecule has 63 heavy (non-hydrogen) atoms. The second-order valence-corrected chi connectivity index (χ2v) is 16.4. The lowest BCUT2D eigenvalue weighted by Gasteiger charge is -2.15. The van der Waals surface area contributed by atoms with Gasteiger partial charge in [0.15, 0.2) is 5.58 Å². The molecule has 0 aliphatic rings. The number of hydrogen-bond acceptors (Lipinski definition) is 1. The SMILES string of the molecule is c1ccc(-c2cccc(-c3ccc(-n4c5ccccc5c5c(-c6ccc7c8ccccc8n(-c8ccccc8-c8ccccc8)c7c6)cccc54)c4oc5ccccc5c34)c2)cc1. The van der Waals surface area contributed by atoms with Gasteiger partial charge in [-0.1, -0.05) is 182 Å². The van der Waals surface area contributed by atoms with Crippen LogP contribution in [0, 0.1) is 0 Å². The van der Waals surface area contributed by atoms with Crippen molar-refractivity contribution in [2.75, 3.05) is 0 Å². The van der Waals surface area contributed by atoms with Gasteiger partial charge in [0.1, 0.15) is 5.58 Å². The van der Waals surface area contributed by atoms with Gasteiger partial charge in [0.2, 0.25) is 0 Å². The van der Waals surface area contributed by atoms with Gasteiger partial charge in [-0.3, -0.25) is 0 Å². The van der Waals surface area contributed by atoms with Crippen LogP contribution in [0.3, 0.4) is 0 Å². The summed E-state index contributed by atoms with van der Waals surface area (Å²) in [4.78, 5) is 0. The quantitative estimate of drug-likeness (QED) is 0.164. The van der Waals surface area contributed by atoms with Gasteiger partial charge < -0.3 is 13.6 Å². The summed E-state index contributed by atoms with van der Waals surface area (Å²) in [5.41, 5.74) is 18.0. The number of rotatable bonds is 6. The molecule has 0 radical (unpaired) electrons. The van der Waals surface area contributed by atoms with Crippen molar-refractivity contribution in [2.45, 2.75) is 0 Å². The largest absolute Gasteiger partial charge is 0.454 e. The first-order valence-corrected chi connectivity index (χ1v) is 21.6. The van der Waals surface area contributed by atoms with Crippen molar-refractivity contribution < 1.29 is 4.42 Å². The predicted molar refractivity (Wildman–Crippen MR) is 264 cm³/mol. The van der Waals surface area contributed by atoms with E-state index in [0.29, 0.717) is 0 Å². The first kappa shape index (κ1) is 35.4. The van der Waals surface area contributed by atoms with Gasteiger partial charge >= 0.3 is 0 Å². The maximum Gasteiger partial charge on any atom is 0.160 e. The van der Waals surface area contributed by atoms with Crippen LogP contribution in [0.1, 0.15) is 0 Å². The van der Waals surface area contributed by atoms with Crippen LogP contribution < -0.4 is 0 Å². The van der Waals surface area contributed by atoms with Crippen molar-refractivity contribution in [3.05, 3.63) is 231 Å². The van der Waals surface area contributed by atoms with Crippen LogP contribution in [0.25, 0.3) is 121 Å². The van der Waals surface area contributed by atoms with E-state index in [2.05, 4.69) is 240 Å². The zero-order chi connectivity index (χ0) is 41.4. The molecule has 0 saturated carbocycles. The van der Waals surface area contributed by atoms with E-state index in [1.54, 1.807) is 0 Å². The highest BCUT2D eigenvalue weighted by molar-refractivity contribution is 6.20. The molecule has 13 rings (SSSR count). The fourth-order valence-electron chi connectivity index (χ4n) is 10.2. The summed E-state index contributed by atoms with van der Waals surface area (Å²) in [6, 6.07) is 83.3. The summed E-state index contributed by atoms with van der Waals surface area (Å²) in [7, 11) is 0. The predicted octanol–water partition coefficient (Wildman–Crippen LogP) is 16.4. The average Bonchev–Trinajstić information content (AvgIpc) is 4.02. The number of para-hydroxylation sites is 4. The lowest BCUT2D eigenvalue weighted by molar-refractivity contribution is 0.666. The van der Waals surface area contributed by atoms with Crippen molar-refractivity contribution >= 4 is 65.6 Å². The Kier molecular flexibility index (Phi) is 7.91.